The molecule has 0 saturated heterocycles. The first-order valence-electron chi connectivity index (χ1n) is 7.27. The van der Waals surface area contributed by atoms with Gasteiger partial charge in [0, 0.05) is 6.42 Å². The van der Waals surface area contributed by atoms with Gasteiger partial charge in [-0.1, -0.05) is 19.1 Å². The predicted octanol–water partition coefficient (Wildman–Crippen LogP) is 1.23. The van der Waals surface area contributed by atoms with Gasteiger partial charge in [0.05, 0.1) is 14.2 Å². The molecule has 2 rings (SSSR count). The number of hydrogen-bond donors (Lipinski definition) is 1. The maximum atomic E-state index is 5.29. The van der Waals surface area contributed by atoms with E-state index in [2.05, 4.69) is 39.8 Å². The van der Waals surface area contributed by atoms with Crippen molar-refractivity contribution >= 4 is 0 Å². The summed E-state index contributed by atoms with van der Waals surface area (Å²) in [7, 11) is 3.48. The SMILES string of the molecule is CCNCC(Cc1cccc(OC)c1)Cc1nnn(C)n1. The molecule has 0 spiro atoms. The summed E-state index contributed by atoms with van der Waals surface area (Å²) in [4.78, 5) is 1.51. The maximum absolute atomic E-state index is 5.29. The van der Waals surface area contributed by atoms with Crippen LogP contribution in [0.4, 0.5) is 0 Å². The largest absolute Gasteiger partial charge is 0.497 e. The number of hydrogen-bond acceptors (Lipinski definition) is 5. The average Bonchev–Trinajstić information content (AvgIpc) is 2.90. The van der Waals surface area contributed by atoms with Crippen molar-refractivity contribution in [1.82, 2.24) is 25.5 Å². The second kappa shape index (κ2) is 7.73. The van der Waals surface area contributed by atoms with Crippen LogP contribution in [0.15, 0.2) is 24.3 Å². The molecule has 6 nitrogen and oxygen atoms in total. The fourth-order valence-electron chi connectivity index (χ4n) is 2.36. The van der Waals surface area contributed by atoms with Crippen LogP contribution < -0.4 is 10.1 Å². The van der Waals surface area contributed by atoms with Gasteiger partial charge in [0.2, 0.25) is 0 Å². The molecule has 0 amide bonds. The van der Waals surface area contributed by atoms with E-state index in [1.54, 1.807) is 14.2 Å². The van der Waals surface area contributed by atoms with Crippen LogP contribution in [0, 0.1) is 5.92 Å². The molecule has 0 aliphatic heterocycles. The standard InChI is InChI=1S/C15H23N5O/c1-4-16-11-13(10-15-17-19-20(2)18-15)8-12-6-5-7-14(9-12)21-3/h5-7,9,13,16H,4,8,10-11H2,1-3H3. The molecule has 0 fully saturated rings. The molecule has 0 aliphatic rings. The van der Waals surface area contributed by atoms with E-state index in [-0.39, 0.29) is 0 Å². The lowest BCUT2D eigenvalue weighted by Gasteiger charge is -2.16. The van der Waals surface area contributed by atoms with E-state index in [0.29, 0.717) is 5.92 Å². The summed E-state index contributed by atoms with van der Waals surface area (Å²) in [5, 5.41) is 15.7. The molecule has 1 unspecified atom stereocenters. The molecule has 114 valence electrons. The minimum absolute atomic E-state index is 0.432. The number of rotatable bonds is 8. The Kier molecular flexibility index (Phi) is 5.68. The molecule has 1 heterocycles. The number of benzene rings is 1. The smallest absolute Gasteiger partial charge is 0.175 e. The Morgan fingerprint density at radius 3 is 2.86 bits per heavy atom. The lowest BCUT2D eigenvalue weighted by Crippen LogP contribution is -2.26. The monoisotopic (exact) mass is 289 g/mol. The molecule has 0 radical (unpaired) electrons. The van der Waals surface area contributed by atoms with Gasteiger partial charge in [0.1, 0.15) is 5.75 Å². The molecule has 2 aromatic rings. The van der Waals surface area contributed by atoms with E-state index in [1.807, 2.05) is 12.1 Å². The molecule has 1 N–H and O–H groups in total. The van der Waals surface area contributed by atoms with Crippen molar-refractivity contribution < 1.29 is 4.74 Å². The van der Waals surface area contributed by atoms with Gasteiger partial charge in [-0.25, -0.2) is 0 Å². The van der Waals surface area contributed by atoms with Crippen LogP contribution >= 0.6 is 0 Å². The Labute approximate surface area is 125 Å². The summed E-state index contributed by atoms with van der Waals surface area (Å²) >= 11 is 0. The average molecular weight is 289 g/mol. The van der Waals surface area contributed by atoms with Gasteiger partial charge < -0.3 is 10.1 Å². The van der Waals surface area contributed by atoms with E-state index < -0.39 is 0 Å². The Morgan fingerprint density at radius 1 is 1.33 bits per heavy atom. The van der Waals surface area contributed by atoms with E-state index in [0.717, 1.165) is 37.5 Å². The van der Waals surface area contributed by atoms with Crippen LogP contribution in [0.25, 0.3) is 0 Å². The zero-order valence-corrected chi connectivity index (χ0v) is 12.9. The highest BCUT2D eigenvalue weighted by molar-refractivity contribution is 5.28. The third-order valence-corrected chi connectivity index (χ3v) is 3.36. The quantitative estimate of drug-likeness (QED) is 0.792. The Bertz CT molecular complexity index is 555. The lowest BCUT2D eigenvalue weighted by molar-refractivity contribution is 0.413. The summed E-state index contributed by atoms with van der Waals surface area (Å²) < 4.78 is 5.29. The fourth-order valence-corrected chi connectivity index (χ4v) is 2.36. The second-order valence-electron chi connectivity index (χ2n) is 5.13. The predicted molar refractivity (Wildman–Crippen MR) is 81.2 cm³/mol. The highest BCUT2D eigenvalue weighted by atomic mass is 16.5. The van der Waals surface area contributed by atoms with Crippen LogP contribution in [0.3, 0.4) is 0 Å². The summed E-state index contributed by atoms with van der Waals surface area (Å²) in [6, 6.07) is 8.21. The lowest BCUT2D eigenvalue weighted by atomic mass is 9.95. The van der Waals surface area contributed by atoms with Gasteiger partial charge in [0.25, 0.3) is 0 Å². The topological polar surface area (TPSA) is 64.9 Å². The molecule has 6 heteroatoms. The summed E-state index contributed by atoms with van der Waals surface area (Å²) in [5.74, 6) is 2.12. The molecular weight excluding hydrogens is 266 g/mol. The second-order valence-corrected chi connectivity index (χ2v) is 5.13. The third-order valence-electron chi connectivity index (χ3n) is 3.36. The maximum Gasteiger partial charge on any atom is 0.175 e. The Morgan fingerprint density at radius 2 is 2.19 bits per heavy atom. The van der Waals surface area contributed by atoms with Gasteiger partial charge >= 0.3 is 0 Å². The molecule has 1 atom stereocenters. The Hall–Kier alpha value is -1.95. The van der Waals surface area contributed by atoms with Crippen molar-refractivity contribution in [3.8, 4) is 5.75 Å². The zero-order chi connectivity index (χ0) is 15.1. The molecule has 0 bridgehead atoms. The fraction of sp³-hybridized carbons (Fsp3) is 0.533. The van der Waals surface area contributed by atoms with Crippen molar-refractivity contribution in [2.24, 2.45) is 13.0 Å². The van der Waals surface area contributed by atoms with Gasteiger partial charge in [-0.15, -0.1) is 10.2 Å². The van der Waals surface area contributed by atoms with Crippen LogP contribution in [0.1, 0.15) is 18.3 Å². The van der Waals surface area contributed by atoms with Crippen LogP contribution in [-0.2, 0) is 19.9 Å². The van der Waals surface area contributed by atoms with E-state index in [9.17, 15) is 0 Å². The van der Waals surface area contributed by atoms with Gasteiger partial charge in [-0.2, -0.15) is 4.80 Å². The van der Waals surface area contributed by atoms with Crippen molar-refractivity contribution in [2.75, 3.05) is 20.2 Å². The molecular formula is C15H23N5O. The number of aryl methyl sites for hydroxylation is 1. The van der Waals surface area contributed by atoms with Gasteiger partial charge in [-0.05, 0) is 48.3 Å². The summed E-state index contributed by atoms with van der Waals surface area (Å²) in [5.41, 5.74) is 1.26. The minimum Gasteiger partial charge on any atom is -0.497 e. The highest BCUT2D eigenvalue weighted by Crippen LogP contribution is 2.17. The first-order valence-corrected chi connectivity index (χ1v) is 7.27. The molecule has 1 aromatic heterocycles. The number of nitrogens with one attached hydrogen (secondary N) is 1. The van der Waals surface area contributed by atoms with Crippen LogP contribution in [0.5, 0.6) is 5.75 Å². The van der Waals surface area contributed by atoms with Gasteiger partial charge in [-0.3, -0.25) is 0 Å². The number of tetrazole rings is 1. The Balaban J connectivity index is 2.04. The normalized spacial score (nSPS) is 12.3. The number of aromatic nitrogens is 4. The highest BCUT2D eigenvalue weighted by Gasteiger charge is 2.14. The third kappa shape index (κ3) is 4.82. The van der Waals surface area contributed by atoms with Crippen molar-refractivity contribution in [3.63, 3.8) is 0 Å². The van der Waals surface area contributed by atoms with Crippen molar-refractivity contribution in [1.29, 1.82) is 0 Å². The number of methoxy groups -OCH3 is 1. The first kappa shape index (κ1) is 15.4. The number of nitrogens with zero attached hydrogens (tertiary/aromatic N) is 4. The number of ether oxygens (including phenoxy) is 1. The molecule has 0 saturated carbocycles. The van der Waals surface area contributed by atoms with E-state index >= 15 is 0 Å². The molecule has 0 aliphatic carbocycles. The van der Waals surface area contributed by atoms with Crippen molar-refractivity contribution in [3.05, 3.63) is 35.7 Å². The van der Waals surface area contributed by atoms with E-state index in [1.165, 1.54) is 10.4 Å². The molecule has 1 aromatic carbocycles. The summed E-state index contributed by atoms with van der Waals surface area (Å²) in [6.45, 7) is 4.01. The van der Waals surface area contributed by atoms with Crippen molar-refractivity contribution in [2.45, 2.75) is 19.8 Å². The zero-order valence-electron chi connectivity index (χ0n) is 12.9. The van der Waals surface area contributed by atoms with Gasteiger partial charge in [0.15, 0.2) is 5.82 Å². The van der Waals surface area contributed by atoms with Crippen LogP contribution in [-0.4, -0.2) is 40.4 Å². The minimum atomic E-state index is 0.432. The first-order chi connectivity index (χ1) is 10.2. The van der Waals surface area contributed by atoms with E-state index in [4.69, 9.17) is 4.74 Å². The summed E-state index contributed by atoms with van der Waals surface area (Å²) in [6.07, 6.45) is 1.78. The molecule has 21 heavy (non-hydrogen) atoms. The van der Waals surface area contributed by atoms with Crippen LogP contribution in [0.2, 0.25) is 0 Å².